The first kappa shape index (κ1) is 18.2. The highest BCUT2D eigenvalue weighted by Gasteiger charge is 2.38. The number of hydrogen-bond acceptors (Lipinski definition) is 7. The quantitative estimate of drug-likeness (QED) is 0.627. The van der Waals surface area contributed by atoms with Crippen LogP contribution >= 0.6 is 0 Å². The van der Waals surface area contributed by atoms with Crippen molar-refractivity contribution in [3.8, 4) is 0 Å². The maximum absolute atomic E-state index is 11.2. The number of hydrogen-bond donors (Lipinski definition) is 1. The number of nitro groups is 2. The van der Waals surface area contributed by atoms with E-state index in [1.54, 1.807) is 7.11 Å². The predicted molar refractivity (Wildman–Crippen MR) is 96.3 cm³/mol. The van der Waals surface area contributed by atoms with Crippen molar-refractivity contribution in [3.63, 3.8) is 0 Å². The number of nitro benzene ring substituents is 2. The van der Waals surface area contributed by atoms with Crippen molar-refractivity contribution in [1.82, 2.24) is 0 Å². The Balaban J connectivity index is 1.83. The monoisotopic (exact) mass is 362 g/mol. The van der Waals surface area contributed by atoms with Gasteiger partial charge in [-0.25, -0.2) is 0 Å². The van der Waals surface area contributed by atoms with Gasteiger partial charge in [0.05, 0.1) is 22.0 Å². The van der Waals surface area contributed by atoms with Crippen LogP contribution in [0.15, 0.2) is 23.3 Å². The number of rotatable bonds is 5. The largest absolute Gasteiger partial charge is 0.381 e. The van der Waals surface area contributed by atoms with Crippen LogP contribution in [0.4, 0.5) is 17.1 Å². The van der Waals surface area contributed by atoms with Gasteiger partial charge in [-0.1, -0.05) is 12.8 Å². The zero-order chi connectivity index (χ0) is 18.7. The van der Waals surface area contributed by atoms with Gasteiger partial charge in [0.15, 0.2) is 0 Å². The number of ether oxygens (including phenoxy) is 1. The van der Waals surface area contributed by atoms with Gasteiger partial charge in [-0.15, -0.1) is 0 Å². The summed E-state index contributed by atoms with van der Waals surface area (Å²) in [4.78, 5) is 20.8. The second-order valence-corrected chi connectivity index (χ2v) is 6.80. The minimum absolute atomic E-state index is 0.161. The Bertz CT molecular complexity index is 736. The number of non-ortho nitro benzene ring substituents is 1. The van der Waals surface area contributed by atoms with Gasteiger partial charge in [0.1, 0.15) is 5.69 Å². The van der Waals surface area contributed by atoms with Crippen LogP contribution < -0.4 is 5.43 Å². The molecule has 140 valence electrons. The SMILES string of the molecule is CO[C@H]1CC/C(=N\Nc2ccc([N+](=O)[O-])cc2[N+](=O)[O-])[C@H]2CCCC[C@H]12. The van der Waals surface area contributed by atoms with Crippen LogP contribution in [-0.2, 0) is 4.74 Å². The van der Waals surface area contributed by atoms with Crippen LogP contribution in [0, 0.1) is 32.1 Å². The number of anilines is 1. The fourth-order valence-electron chi connectivity index (χ4n) is 4.15. The summed E-state index contributed by atoms with van der Waals surface area (Å²) in [6, 6.07) is 3.52. The van der Waals surface area contributed by atoms with Crippen molar-refractivity contribution in [1.29, 1.82) is 0 Å². The molecule has 2 aliphatic carbocycles. The lowest BCUT2D eigenvalue weighted by atomic mass is 9.68. The average Bonchev–Trinajstić information content (AvgIpc) is 2.65. The number of methoxy groups -OCH3 is 1. The van der Waals surface area contributed by atoms with E-state index in [4.69, 9.17) is 4.74 Å². The van der Waals surface area contributed by atoms with Gasteiger partial charge < -0.3 is 4.74 Å². The lowest BCUT2D eigenvalue weighted by Gasteiger charge is -2.41. The van der Waals surface area contributed by atoms with Crippen molar-refractivity contribution in [2.45, 2.75) is 44.6 Å². The summed E-state index contributed by atoms with van der Waals surface area (Å²) in [5.41, 5.74) is 3.28. The van der Waals surface area contributed by atoms with Crippen LogP contribution in [-0.4, -0.2) is 28.8 Å². The summed E-state index contributed by atoms with van der Waals surface area (Å²) in [6.07, 6.45) is 6.42. The number of fused-ring (bicyclic) bond motifs is 1. The van der Waals surface area contributed by atoms with E-state index in [0.29, 0.717) is 11.8 Å². The van der Waals surface area contributed by atoms with Gasteiger partial charge in [-0.05, 0) is 37.7 Å². The Morgan fingerprint density at radius 2 is 1.92 bits per heavy atom. The third kappa shape index (κ3) is 3.67. The van der Waals surface area contributed by atoms with Crippen molar-refractivity contribution >= 4 is 22.8 Å². The zero-order valence-electron chi connectivity index (χ0n) is 14.6. The summed E-state index contributed by atoms with van der Waals surface area (Å²) in [5.74, 6) is 0.766. The number of nitrogens with one attached hydrogen (secondary N) is 1. The molecule has 1 aromatic rings. The molecule has 0 bridgehead atoms. The molecule has 26 heavy (non-hydrogen) atoms. The van der Waals surface area contributed by atoms with E-state index in [-0.39, 0.29) is 23.2 Å². The molecule has 0 heterocycles. The fourth-order valence-corrected chi connectivity index (χ4v) is 4.15. The first-order chi connectivity index (χ1) is 12.5. The lowest BCUT2D eigenvalue weighted by molar-refractivity contribution is -0.393. The van der Waals surface area contributed by atoms with E-state index in [9.17, 15) is 20.2 Å². The maximum atomic E-state index is 11.2. The molecule has 0 spiro atoms. The molecule has 0 saturated heterocycles. The number of hydrazone groups is 1. The minimum Gasteiger partial charge on any atom is -0.381 e. The van der Waals surface area contributed by atoms with Crippen molar-refractivity contribution < 1.29 is 14.6 Å². The van der Waals surface area contributed by atoms with Crippen molar-refractivity contribution in [3.05, 3.63) is 38.4 Å². The molecule has 2 fully saturated rings. The third-order valence-corrected chi connectivity index (χ3v) is 5.42. The average molecular weight is 362 g/mol. The van der Waals surface area contributed by atoms with Crippen LogP contribution in [0.5, 0.6) is 0 Å². The van der Waals surface area contributed by atoms with Crippen molar-refractivity contribution in [2.24, 2.45) is 16.9 Å². The van der Waals surface area contributed by atoms with Crippen LogP contribution in [0.2, 0.25) is 0 Å². The highest BCUT2D eigenvalue weighted by molar-refractivity contribution is 5.89. The second kappa shape index (κ2) is 7.77. The van der Waals surface area contributed by atoms with Crippen LogP contribution in [0.25, 0.3) is 0 Å². The van der Waals surface area contributed by atoms with Gasteiger partial charge in [0.2, 0.25) is 0 Å². The Labute approximate surface area is 150 Å². The topological polar surface area (TPSA) is 120 Å². The van der Waals surface area contributed by atoms with Gasteiger partial charge in [-0.2, -0.15) is 5.10 Å². The molecule has 2 saturated carbocycles. The van der Waals surface area contributed by atoms with Crippen LogP contribution in [0.3, 0.4) is 0 Å². The summed E-state index contributed by atoms with van der Waals surface area (Å²) in [6.45, 7) is 0. The Morgan fingerprint density at radius 1 is 1.15 bits per heavy atom. The molecule has 0 aromatic heterocycles. The Hall–Kier alpha value is -2.55. The molecule has 3 rings (SSSR count). The van der Waals surface area contributed by atoms with E-state index >= 15 is 0 Å². The Kier molecular flexibility index (Phi) is 5.46. The van der Waals surface area contributed by atoms with Gasteiger partial charge in [0.25, 0.3) is 5.69 Å². The molecule has 2 aliphatic rings. The van der Waals surface area contributed by atoms with Gasteiger partial charge >= 0.3 is 5.69 Å². The standard InChI is InChI=1S/C17H22N4O5/c1-26-17-9-8-14(12-4-2-3-5-13(12)17)18-19-15-7-6-11(20(22)23)10-16(15)21(24)25/h6-7,10,12-13,17,19H,2-5,8-9H2,1H3/b18-14+/t12-,13-,17-/m0/s1. The normalized spacial score (nSPS) is 27.0. The van der Waals surface area contributed by atoms with Gasteiger partial charge in [-0.3, -0.25) is 25.7 Å². The van der Waals surface area contributed by atoms with E-state index in [2.05, 4.69) is 10.5 Å². The van der Waals surface area contributed by atoms with Crippen LogP contribution in [0.1, 0.15) is 38.5 Å². The predicted octanol–water partition coefficient (Wildman–Crippen LogP) is 3.89. The fraction of sp³-hybridized carbons (Fsp3) is 0.588. The second-order valence-electron chi connectivity index (χ2n) is 6.80. The first-order valence-electron chi connectivity index (χ1n) is 8.79. The molecule has 9 nitrogen and oxygen atoms in total. The van der Waals surface area contributed by atoms with E-state index in [1.807, 2.05) is 0 Å². The molecule has 3 atom stereocenters. The molecule has 0 amide bonds. The Morgan fingerprint density at radius 3 is 2.62 bits per heavy atom. The molecule has 9 heteroatoms. The highest BCUT2D eigenvalue weighted by atomic mass is 16.6. The molecular weight excluding hydrogens is 340 g/mol. The number of benzene rings is 1. The van der Waals surface area contributed by atoms with E-state index in [0.717, 1.165) is 43.9 Å². The summed E-state index contributed by atoms with van der Waals surface area (Å²) in [5, 5.41) is 26.5. The third-order valence-electron chi connectivity index (χ3n) is 5.42. The van der Waals surface area contributed by atoms with E-state index in [1.165, 1.54) is 18.6 Å². The summed E-state index contributed by atoms with van der Waals surface area (Å²) >= 11 is 0. The lowest BCUT2D eigenvalue weighted by Crippen LogP contribution is -2.41. The summed E-state index contributed by atoms with van der Waals surface area (Å²) in [7, 11) is 1.75. The molecule has 1 aromatic carbocycles. The first-order valence-corrected chi connectivity index (χ1v) is 8.79. The molecule has 0 aliphatic heterocycles. The zero-order valence-corrected chi connectivity index (χ0v) is 14.6. The summed E-state index contributed by atoms with van der Waals surface area (Å²) < 4.78 is 5.63. The van der Waals surface area contributed by atoms with E-state index < -0.39 is 9.85 Å². The van der Waals surface area contributed by atoms with Crippen molar-refractivity contribution in [2.75, 3.05) is 12.5 Å². The highest BCUT2D eigenvalue weighted by Crippen LogP contribution is 2.40. The van der Waals surface area contributed by atoms with Gasteiger partial charge in [0, 0.05) is 24.8 Å². The minimum atomic E-state index is -0.651. The number of nitrogens with zero attached hydrogens (tertiary/aromatic N) is 3. The molecule has 1 N–H and O–H groups in total. The molecular formula is C17H22N4O5. The maximum Gasteiger partial charge on any atom is 0.301 e. The molecule has 0 unspecified atom stereocenters. The molecule has 0 radical (unpaired) electrons. The smallest absolute Gasteiger partial charge is 0.301 e.